The summed E-state index contributed by atoms with van der Waals surface area (Å²) in [5.41, 5.74) is 2.78. The van der Waals surface area contributed by atoms with E-state index in [-0.39, 0.29) is 30.0 Å². The standard InChI is InChI=1S/C26H38F2N4OSi/c1-9-10-22(33-34(7,8)25(4,5)6)20-16-23(29-21-11-13-26(27,28)14-12-21)30-24(17-20)32-19(3)15-18(2)31-32/h1,15-17,21-22H,10-14H2,2-8H3,(H,29,30). The van der Waals surface area contributed by atoms with Crippen LogP contribution < -0.4 is 5.32 Å². The molecule has 1 N–H and O–H groups in total. The van der Waals surface area contributed by atoms with Crippen LogP contribution in [-0.4, -0.2) is 35.0 Å². The molecule has 0 amide bonds. The van der Waals surface area contributed by atoms with Gasteiger partial charge in [0.25, 0.3) is 0 Å². The molecule has 2 heterocycles. The normalized spacial score (nSPS) is 17.9. The molecule has 0 saturated heterocycles. The molecular weight excluding hydrogens is 450 g/mol. The number of alkyl halides is 2. The van der Waals surface area contributed by atoms with Crippen LogP contribution in [0.3, 0.4) is 0 Å². The first-order valence-electron chi connectivity index (χ1n) is 12.0. The number of hydrogen-bond donors (Lipinski definition) is 1. The summed E-state index contributed by atoms with van der Waals surface area (Å²) in [4.78, 5) is 4.80. The van der Waals surface area contributed by atoms with Crippen molar-refractivity contribution in [1.29, 1.82) is 0 Å². The number of nitrogens with zero attached hydrogens (tertiary/aromatic N) is 3. The quantitative estimate of drug-likeness (QED) is 0.338. The minimum Gasteiger partial charge on any atom is -0.409 e. The van der Waals surface area contributed by atoms with E-state index in [0.29, 0.717) is 30.9 Å². The highest BCUT2D eigenvalue weighted by Crippen LogP contribution is 2.41. The number of pyridine rings is 1. The molecule has 0 radical (unpaired) electrons. The SMILES string of the molecule is C#CCC(O[Si](C)(C)C(C)(C)C)c1cc(NC2CCC(F)(F)CC2)nc(-n2nc(C)cc2C)c1. The van der Waals surface area contributed by atoms with Crippen molar-refractivity contribution in [3.8, 4) is 18.2 Å². The largest absolute Gasteiger partial charge is 0.409 e. The summed E-state index contributed by atoms with van der Waals surface area (Å²) >= 11 is 0. The number of rotatable bonds is 7. The van der Waals surface area contributed by atoms with Gasteiger partial charge in [-0.3, -0.25) is 0 Å². The third-order valence-corrected chi connectivity index (χ3v) is 11.5. The van der Waals surface area contributed by atoms with E-state index < -0.39 is 14.2 Å². The van der Waals surface area contributed by atoms with Gasteiger partial charge in [-0.2, -0.15) is 5.10 Å². The Bertz CT molecular complexity index is 1040. The van der Waals surface area contributed by atoms with Crippen molar-refractivity contribution < 1.29 is 13.2 Å². The highest BCUT2D eigenvalue weighted by Gasteiger charge is 2.40. The summed E-state index contributed by atoms with van der Waals surface area (Å²) < 4.78 is 35.9. The molecule has 1 aliphatic rings. The van der Waals surface area contributed by atoms with E-state index in [1.807, 2.05) is 32.0 Å². The molecule has 186 valence electrons. The summed E-state index contributed by atoms with van der Waals surface area (Å²) in [6, 6.07) is 5.88. The van der Waals surface area contributed by atoms with Crippen LogP contribution in [0.4, 0.5) is 14.6 Å². The van der Waals surface area contributed by atoms with Gasteiger partial charge in [0.1, 0.15) is 5.82 Å². The van der Waals surface area contributed by atoms with Gasteiger partial charge in [-0.05, 0) is 68.6 Å². The second-order valence-corrected chi connectivity index (χ2v) is 15.8. The van der Waals surface area contributed by atoms with Crippen LogP contribution in [-0.2, 0) is 4.43 Å². The predicted octanol–water partition coefficient (Wildman–Crippen LogP) is 6.96. The third-order valence-electron chi connectivity index (χ3n) is 7.05. The molecule has 0 bridgehead atoms. The van der Waals surface area contributed by atoms with Gasteiger partial charge in [-0.15, -0.1) is 12.3 Å². The first-order valence-corrected chi connectivity index (χ1v) is 14.9. The number of halogens is 2. The van der Waals surface area contributed by atoms with Crippen molar-refractivity contribution in [1.82, 2.24) is 14.8 Å². The molecule has 2 aromatic heterocycles. The average Bonchev–Trinajstić information content (AvgIpc) is 3.06. The van der Waals surface area contributed by atoms with E-state index in [1.54, 1.807) is 4.68 Å². The summed E-state index contributed by atoms with van der Waals surface area (Å²) in [5, 5.41) is 8.03. The topological polar surface area (TPSA) is 52.0 Å². The molecular formula is C26H38F2N4OSi. The number of hydrogen-bond acceptors (Lipinski definition) is 4. The molecule has 34 heavy (non-hydrogen) atoms. The van der Waals surface area contributed by atoms with Crippen LogP contribution >= 0.6 is 0 Å². The summed E-state index contributed by atoms with van der Waals surface area (Å²) in [6.07, 6.45) is 6.49. The number of aryl methyl sites for hydroxylation is 2. The van der Waals surface area contributed by atoms with Crippen molar-refractivity contribution in [2.45, 2.75) is 103 Å². The van der Waals surface area contributed by atoms with Gasteiger partial charge in [-0.1, -0.05) is 20.8 Å². The van der Waals surface area contributed by atoms with Crippen molar-refractivity contribution in [2.75, 3.05) is 5.32 Å². The zero-order valence-electron chi connectivity index (χ0n) is 21.5. The van der Waals surface area contributed by atoms with Crippen LogP contribution in [0.1, 0.15) is 75.9 Å². The average molecular weight is 489 g/mol. The summed E-state index contributed by atoms with van der Waals surface area (Å²) in [6.45, 7) is 14.9. The maximum absolute atomic E-state index is 13.7. The number of nitrogens with one attached hydrogen (secondary N) is 1. The lowest BCUT2D eigenvalue weighted by molar-refractivity contribution is -0.0361. The minimum atomic E-state index is -2.57. The molecule has 1 fully saturated rings. The lowest BCUT2D eigenvalue weighted by Gasteiger charge is -2.39. The Labute approximate surface area is 203 Å². The number of terminal acetylenes is 1. The fourth-order valence-corrected chi connectivity index (χ4v) is 5.31. The van der Waals surface area contributed by atoms with Gasteiger partial charge in [-0.25, -0.2) is 18.4 Å². The van der Waals surface area contributed by atoms with Crippen molar-refractivity contribution in [3.05, 3.63) is 35.2 Å². The number of anilines is 1. The fraction of sp³-hybridized carbons (Fsp3) is 0.615. The summed E-state index contributed by atoms with van der Waals surface area (Å²) in [7, 11) is -2.11. The Morgan fingerprint density at radius 1 is 1.24 bits per heavy atom. The highest BCUT2D eigenvalue weighted by atomic mass is 28.4. The molecule has 1 saturated carbocycles. The van der Waals surface area contributed by atoms with Gasteiger partial charge in [0, 0.05) is 31.0 Å². The maximum Gasteiger partial charge on any atom is 0.248 e. The zero-order chi connectivity index (χ0) is 25.3. The molecule has 0 spiro atoms. The van der Waals surface area contributed by atoms with Gasteiger partial charge in [0.2, 0.25) is 5.92 Å². The lowest BCUT2D eigenvalue weighted by atomic mass is 9.92. The van der Waals surface area contributed by atoms with Gasteiger partial charge in [0.15, 0.2) is 14.1 Å². The van der Waals surface area contributed by atoms with Crippen molar-refractivity contribution in [3.63, 3.8) is 0 Å². The van der Waals surface area contributed by atoms with E-state index in [2.05, 4.69) is 50.2 Å². The molecule has 0 aromatic carbocycles. The van der Waals surface area contributed by atoms with Crippen LogP contribution in [0.15, 0.2) is 18.2 Å². The Balaban J connectivity index is 2.00. The molecule has 1 atom stereocenters. The second kappa shape index (κ2) is 9.78. The molecule has 8 heteroatoms. The smallest absolute Gasteiger partial charge is 0.248 e. The fourth-order valence-electron chi connectivity index (χ4n) is 4.03. The van der Waals surface area contributed by atoms with Crippen LogP contribution in [0.25, 0.3) is 5.82 Å². The predicted molar refractivity (Wildman–Crippen MR) is 136 cm³/mol. The zero-order valence-corrected chi connectivity index (χ0v) is 22.5. The molecule has 5 nitrogen and oxygen atoms in total. The highest BCUT2D eigenvalue weighted by molar-refractivity contribution is 6.74. The second-order valence-electron chi connectivity index (χ2n) is 11.0. The molecule has 0 aliphatic heterocycles. The van der Waals surface area contributed by atoms with Crippen LogP contribution in [0.2, 0.25) is 18.1 Å². The Morgan fingerprint density at radius 2 is 1.88 bits per heavy atom. The van der Waals surface area contributed by atoms with E-state index >= 15 is 0 Å². The monoisotopic (exact) mass is 488 g/mol. The van der Waals surface area contributed by atoms with E-state index in [4.69, 9.17) is 15.8 Å². The summed E-state index contributed by atoms with van der Waals surface area (Å²) in [5.74, 6) is 1.50. The van der Waals surface area contributed by atoms with E-state index in [1.165, 1.54) is 0 Å². The first-order chi connectivity index (χ1) is 15.7. The van der Waals surface area contributed by atoms with Crippen molar-refractivity contribution in [2.24, 2.45) is 0 Å². The third kappa shape index (κ3) is 6.25. The minimum absolute atomic E-state index is 0.0276. The first kappa shape index (κ1) is 26.4. The van der Waals surface area contributed by atoms with Gasteiger partial charge in [0.05, 0.1) is 11.8 Å². The molecule has 2 aromatic rings. The maximum atomic E-state index is 13.7. The molecule has 1 unspecified atom stereocenters. The Morgan fingerprint density at radius 3 is 2.41 bits per heavy atom. The lowest BCUT2D eigenvalue weighted by Crippen LogP contribution is -2.41. The van der Waals surface area contributed by atoms with Gasteiger partial charge >= 0.3 is 0 Å². The van der Waals surface area contributed by atoms with Crippen LogP contribution in [0.5, 0.6) is 0 Å². The number of aromatic nitrogens is 3. The Hall–Kier alpha value is -2.24. The van der Waals surface area contributed by atoms with Crippen molar-refractivity contribution >= 4 is 14.1 Å². The van der Waals surface area contributed by atoms with Gasteiger partial charge < -0.3 is 9.74 Å². The Kier molecular flexibility index (Phi) is 7.59. The van der Waals surface area contributed by atoms with Crippen LogP contribution in [0, 0.1) is 26.2 Å². The van der Waals surface area contributed by atoms with E-state index in [0.717, 1.165) is 17.0 Å². The molecule has 3 rings (SSSR count). The van der Waals surface area contributed by atoms with E-state index in [9.17, 15) is 8.78 Å². The molecule has 1 aliphatic carbocycles.